The Labute approximate surface area is 98.3 Å². The van der Waals surface area contributed by atoms with Crippen molar-refractivity contribution in [3.63, 3.8) is 0 Å². The Balaban J connectivity index is 2.43. The van der Waals surface area contributed by atoms with Gasteiger partial charge in [-0.25, -0.2) is 4.98 Å². The monoisotopic (exact) mass is 232 g/mol. The first-order valence-corrected chi connectivity index (χ1v) is 5.13. The van der Waals surface area contributed by atoms with Gasteiger partial charge in [-0.05, 0) is 6.92 Å². The van der Waals surface area contributed by atoms with Crippen molar-refractivity contribution in [3.05, 3.63) is 18.6 Å². The fraction of sp³-hybridized carbons (Fsp3) is 0.300. The average molecular weight is 232 g/mol. The quantitative estimate of drug-likeness (QED) is 0.833. The number of hydrogen-bond acceptors (Lipinski definition) is 7. The minimum absolute atomic E-state index is 0.247. The first kappa shape index (κ1) is 11.2. The van der Waals surface area contributed by atoms with E-state index in [1.807, 2.05) is 6.92 Å². The molecule has 0 radical (unpaired) electrons. The molecule has 7 heteroatoms. The summed E-state index contributed by atoms with van der Waals surface area (Å²) in [5, 5.41) is 3.00. The molecule has 0 aromatic carbocycles. The molecule has 0 aliphatic heterocycles. The smallest absolute Gasteiger partial charge is 0.321 e. The molecule has 0 aliphatic rings. The van der Waals surface area contributed by atoms with Crippen LogP contribution in [0.1, 0.15) is 6.92 Å². The number of methoxy groups -OCH3 is 1. The van der Waals surface area contributed by atoms with Crippen molar-refractivity contribution >= 4 is 5.95 Å². The first-order valence-electron chi connectivity index (χ1n) is 5.13. The Morgan fingerprint density at radius 2 is 2.12 bits per heavy atom. The molecule has 2 aromatic rings. The maximum atomic E-state index is 5.01. The lowest BCUT2D eigenvalue weighted by atomic mass is 10.4. The summed E-state index contributed by atoms with van der Waals surface area (Å²) in [5.74, 6) is 0.890. The zero-order valence-electron chi connectivity index (χ0n) is 9.58. The van der Waals surface area contributed by atoms with Crippen LogP contribution in [-0.2, 0) is 0 Å². The molecule has 2 rings (SSSR count). The standard InChI is InChI=1S/C10H12N6O/c1-3-12-9-14-8(15-10(16-9)17-2)7-6-11-4-5-13-7/h4-6H,3H2,1-2H3,(H,12,14,15,16). The van der Waals surface area contributed by atoms with Crippen molar-refractivity contribution in [1.82, 2.24) is 24.9 Å². The molecule has 0 fully saturated rings. The molecule has 17 heavy (non-hydrogen) atoms. The summed E-state index contributed by atoms with van der Waals surface area (Å²) in [4.78, 5) is 20.5. The van der Waals surface area contributed by atoms with Crippen molar-refractivity contribution in [2.45, 2.75) is 6.92 Å². The van der Waals surface area contributed by atoms with E-state index in [-0.39, 0.29) is 6.01 Å². The van der Waals surface area contributed by atoms with Gasteiger partial charge in [0.1, 0.15) is 5.69 Å². The van der Waals surface area contributed by atoms with Crippen molar-refractivity contribution in [3.8, 4) is 17.5 Å². The molecule has 1 N–H and O–H groups in total. The first-order chi connectivity index (χ1) is 8.33. The second-order valence-electron chi connectivity index (χ2n) is 3.09. The van der Waals surface area contributed by atoms with Gasteiger partial charge in [-0.2, -0.15) is 15.0 Å². The van der Waals surface area contributed by atoms with Gasteiger partial charge in [0, 0.05) is 18.9 Å². The zero-order chi connectivity index (χ0) is 12.1. The molecule has 2 heterocycles. The van der Waals surface area contributed by atoms with Gasteiger partial charge in [0.15, 0.2) is 5.82 Å². The summed E-state index contributed by atoms with van der Waals surface area (Å²) in [7, 11) is 1.51. The van der Waals surface area contributed by atoms with Crippen LogP contribution in [0.5, 0.6) is 6.01 Å². The normalized spacial score (nSPS) is 10.0. The third-order valence-electron chi connectivity index (χ3n) is 1.92. The van der Waals surface area contributed by atoms with Crippen molar-refractivity contribution in [2.24, 2.45) is 0 Å². The van der Waals surface area contributed by atoms with Crippen LogP contribution in [0.25, 0.3) is 11.5 Å². The van der Waals surface area contributed by atoms with Gasteiger partial charge < -0.3 is 10.1 Å². The molecule has 0 aliphatic carbocycles. The summed E-state index contributed by atoms with van der Waals surface area (Å²) < 4.78 is 5.01. The second kappa shape index (κ2) is 5.15. The van der Waals surface area contributed by atoms with Crippen LogP contribution in [-0.4, -0.2) is 38.6 Å². The van der Waals surface area contributed by atoms with E-state index in [0.29, 0.717) is 24.0 Å². The van der Waals surface area contributed by atoms with Crippen LogP contribution in [0.3, 0.4) is 0 Å². The molecule has 0 saturated carbocycles. The number of aromatic nitrogens is 5. The van der Waals surface area contributed by atoms with Gasteiger partial charge >= 0.3 is 6.01 Å². The van der Waals surface area contributed by atoms with E-state index in [9.17, 15) is 0 Å². The van der Waals surface area contributed by atoms with E-state index in [2.05, 4.69) is 30.2 Å². The molecule has 2 aromatic heterocycles. The molecule has 0 unspecified atom stereocenters. The second-order valence-corrected chi connectivity index (χ2v) is 3.09. The minimum Gasteiger partial charge on any atom is -0.467 e. The summed E-state index contributed by atoms with van der Waals surface area (Å²) in [5.41, 5.74) is 0.576. The lowest BCUT2D eigenvalue weighted by Crippen LogP contribution is -2.06. The molecule has 0 amide bonds. The van der Waals surface area contributed by atoms with E-state index in [1.54, 1.807) is 18.6 Å². The summed E-state index contributed by atoms with van der Waals surface area (Å²) >= 11 is 0. The maximum absolute atomic E-state index is 5.01. The number of ether oxygens (including phenoxy) is 1. The molecule has 88 valence electrons. The van der Waals surface area contributed by atoms with Gasteiger partial charge in [0.05, 0.1) is 13.3 Å². The fourth-order valence-corrected chi connectivity index (χ4v) is 1.21. The van der Waals surface area contributed by atoms with Gasteiger partial charge in [-0.3, -0.25) is 4.98 Å². The molecular weight excluding hydrogens is 220 g/mol. The highest BCUT2D eigenvalue weighted by molar-refractivity contribution is 5.49. The molecule has 0 bridgehead atoms. The van der Waals surface area contributed by atoms with E-state index in [1.165, 1.54) is 7.11 Å². The number of rotatable bonds is 4. The van der Waals surface area contributed by atoms with E-state index >= 15 is 0 Å². The number of anilines is 1. The highest BCUT2D eigenvalue weighted by Gasteiger charge is 2.09. The third-order valence-corrected chi connectivity index (χ3v) is 1.92. The molecular formula is C10H12N6O. The Kier molecular flexibility index (Phi) is 3.39. The highest BCUT2D eigenvalue weighted by atomic mass is 16.5. The lowest BCUT2D eigenvalue weighted by molar-refractivity contribution is 0.379. The Hall–Kier alpha value is -2.31. The Bertz CT molecular complexity index is 489. The summed E-state index contributed by atoms with van der Waals surface area (Å²) in [6.45, 7) is 2.67. The summed E-state index contributed by atoms with van der Waals surface area (Å²) in [6.07, 6.45) is 4.76. The third kappa shape index (κ3) is 2.63. The maximum Gasteiger partial charge on any atom is 0.321 e. The van der Waals surface area contributed by atoms with E-state index in [0.717, 1.165) is 0 Å². The van der Waals surface area contributed by atoms with Crippen molar-refractivity contribution in [1.29, 1.82) is 0 Å². The van der Waals surface area contributed by atoms with E-state index < -0.39 is 0 Å². The highest BCUT2D eigenvalue weighted by Crippen LogP contribution is 2.15. The molecule has 0 atom stereocenters. The van der Waals surface area contributed by atoms with Crippen LogP contribution in [0, 0.1) is 0 Å². The molecule has 0 spiro atoms. The van der Waals surface area contributed by atoms with Crippen LogP contribution in [0.15, 0.2) is 18.6 Å². The van der Waals surface area contributed by atoms with Crippen molar-refractivity contribution in [2.75, 3.05) is 19.0 Å². The van der Waals surface area contributed by atoms with Gasteiger partial charge in [0.25, 0.3) is 0 Å². The number of hydrogen-bond donors (Lipinski definition) is 1. The number of nitrogens with one attached hydrogen (secondary N) is 1. The minimum atomic E-state index is 0.247. The Morgan fingerprint density at radius 1 is 1.24 bits per heavy atom. The van der Waals surface area contributed by atoms with Gasteiger partial charge in [0.2, 0.25) is 5.95 Å². The number of nitrogens with zero attached hydrogens (tertiary/aromatic N) is 5. The fourth-order valence-electron chi connectivity index (χ4n) is 1.21. The van der Waals surface area contributed by atoms with Crippen LogP contribution in [0.4, 0.5) is 5.95 Å². The summed E-state index contributed by atoms with van der Waals surface area (Å²) in [6, 6.07) is 0.247. The van der Waals surface area contributed by atoms with Crippen LogP contribution < -0.4 is 10.1 Å². The molecule has 7 nitrogen and oxygen atoms in total. The predicted molar refractivity (Wildman–Crippen MR) is 61.6 cm³/mol. The van der Waals surface area contributed by atoms with Crippen LogP contribution in [0.2, 0.25) is 0 Å². The largest absolute Gasteiger partial charge is 0.467 e. The topological polar surface area (TPSA) is 85.7 Å². The van der Waals surface area contributed by atoms with Gasteiger partial charge in [-0.15, -0.1) is 0 Å². The zero-order valence-corrected chi connectivity index (χ0v) is 9.58. The average Bonchev–Trinajstić information content (AvgIpc) is 2.40. The lowest BCUT2D eigenvalue weighted by Gasteiger charge is -2.05. The molecule has 0 saturated heterocycles. The SMILES string of the molecule is CCNc1nc(OC)nc(-c2cnccn2)n1. The Morgan fingerprint density at radius 3 is 2.76 bits per heavy atom. The van der Waals surface area contributed by atoms with Crippen LogP contribution >= 0.6 is 0 Å². The van der Waals surface area contributed by atoms with Gasteiger partial charge in [-0.1, -0.05) is 0 Å². The predicted octanol–water partition coefficient (Wildman–Crippen LogP) is 0.769. The van der Waals surface area contributed by atoms with E-state index in [4.69, 9.17) is 4.74 Å². The van der Waals surface area contributed by atoms with Crippen molar-refractivity contribution < 1.29 is 4.74 Å².